The second-order valence-electron chi connectivity index (χ2n) is 8.36. The lowest BCUT2D eigenvalue weighted by molar-refractivity contribution is -0.127. The van der Waals surface area contributed by atoms with Crippen LogP contribution in [0.25, 0.3) is 10.9 Å². The molecule has 0 spiro atoms. The Kier molecular flexibility index (Phi) is 8.05. The molecule has 2 aromatic carbocycles. The standard InChI is InChI=1S/C27H29N7O2/c28-26(29)19-10-8-18(9-11-19)15-33-25(23-7-3-4-13-30-23)27(36)34-17-24(35)31-14-12-20-16-32-22-6-2-1-5-21(20)22/h1-11,13,16,25,32-33H,12,14-15,17H2,(H3,28,29)(H,31,35)(H,34,36). The largest absolute Gasteiger partial charge is 0.384 e. The summed E-state index contributed by atoms with van der Waals surface area (Å²) in [5, 5.41) is 17.4. The summed E-state index contributed by atoms with van der Waals surface area (Å²) in [6.07, 6.45) is 4.26. The van der Waals surface area contributed by atoms with Crippen molar-refractivity contribution in [3.8, 4) is 0 Å². The number of carbonyl (C=O) groups is 2. The second-order valence-corrected chi connectivity index (χ2v) is 8.36. The summed E-state index contributed by atoms with van der Waals surface area (Å²) in [6.45, 7) is 0.726. The average molecular weight is 484 g/mol. The third-order valence-corrected chi connectivity index (χ3v) is 5.84. The number of nitrogen functional groups attached to an aromatic ring is 1. The Bertz CT molecular complexity index is 1330. The monoisotopic (exact) mass is 483 g/mol. The van der Waals surface area contributed by atoms with Gasteiger partial charge in [0.05, 0.1) is 12.2 Å². The van der Waals surface area contributed by atoms with Crippen LogP contribution in [0.1, 0.15) is 28.4 Å². The molecule has 184 valence electrons. The minimum atomic E-state index is -0.738. The van der Waals surface area contributed by atoms with Gasteiger partial charge in [-0.15, -0.1) is 0 Å². The third-order valence-electron chi connectivity index (χ3n) is 5.84. The smallest absolute Gasteiger partial charge is 0.243 e. The average Bonchev–Trinajstić information content (AvgIpc) is 3.31. The number of fused-ring (bicyclic) bond motifs is 1. The van der Waals surface area contributed by atoms with E-state index in [1.54, 1.807) is 30.5 Å². The highest BCUT2D eigenvalue weighted by molar-refractivity contribution is 5.94. The minimum Gasteiger partial charge on any atom is -0.384 e. The summed E-state index contributed by atoms with van der Waals surface area (Å²) in [7, 11) is 0. The van der Waals surface area contributed by atoms with E-state index in [4.69, 9.17) is 11.1 Å². The predicted octanol–water partition coefficient (Wildman–Crippen LogP) is 2.15. The summed E-state index contributed by atoms with van der Waals surface area (Å²) in [5.74, 6) is -0.608. The maximum atomic E-state index is 13.0. The zero-order valence-electron chi connectivity index (χ0n) is 19.8. The normalized spacial score (nSPS) is 11.7. The summed E-state index contributed by atoms with van der Waals surface area (Å²) in [4.78, 5) is 32.9. The van der Waals surface area contributed by atoms with E-state index in [2.05, 4.69) is 25.9 Å². The predicted molar refractivity (Wildman–Crippen MR) is 139 cm³/mol. The van der Waals surface area contributed by atoms with Crippen LogP contribution in [0, 0.1) is 5.41 Å². The van der Waals surface area contributed by atoms with Gasteiger partial charge in [0.25, 0.3) is 0 Å². The van der Waals surface area contributed by atoms with Gasteiger partial charge in [-0.2, -0.15) is 0 Å². The van der Waals surface area contributed by atoms with Crippen molar-refractivity contribution in [1.29, 1.82) is 5.41 Å². The van der Waals surface area contributed by atoms with Gasteiger partial charge < -0.3 is 21.4 Å². The molecule has 2 heterocycles. The molecule has 0 saturated carbocycles. The Labute approximate surface area is 209 Å². The van der Waals surface area contributed by atoms with Crippen LogP contribution in [0.2, 0.25) is 0 Å². The van der Waals surface area contributed by atoms with Crippen LogP contribution < -0.4 is 21.7 Å². The van der Waals surface area contributed by atoms with Crippen LogP contribution in [-0.4, -0.2) is 40.7 Å². The van der Waals surface area contributed by atoms with Gasteiger partial charge in [0.2, 0.25) is 11.8 Å². The number of amidine groups is 1. The highest BCUT2D eigenvalue weighted by atomic mass is 16.2. The number of hydrogen-bond acceptors (Lipinski definition) is 5. The molecule has 0 bridgehead atoms. The van der Waals surface area contributed by atoms with E-state index in [0.717, 1.165) is 22.0 Å². The molecule has 2 aromatic heterocycles. The fourth-order valence-corrected chi connectivity index (χ4v) is 3.91. The number of carbonyl (C=O) groups excluding carboxylic acids is 2. The fourth-order valence-electron chi connectivity index (χ4n) is 3.91. The molecule has 4 rings (SSSR count). The van der Waals surface area contributed by atoms with Gasteiger partial charge in [0, 0.05) is 41.9 Å². The molecule has 36 heavy (non-hydrogen) atoms. The van der Waals surface area contributed by atoms with E-state index in [-0.39, 0.29) is 24.2 Å². The number of rotatable bonds is 11. The number of nitrogens with zero attached hydrogens (tertiary/aromatic N) is 1. The Morgan fingerprint density at radius 3 is 2.53 bits per heavy atom. The quantitative estimate of drug-likeness (QED) is 0.143. The van der Waals surface area contributed by atoms with E-state index in [9.17, 15) is 9.59 Å². The van der Waals surface area contributed by atoms with Crippen molar-refractivity contribution in [2.24, 2.45) is 5.73 Å². The number of nitrogens with one attached hydrogen (secondary N) is 5. The van der Waals surface area contributed by atoms with Gasteiger partial charge >= 0.3 is 0 Å². The number of aromatic nitrogens is 2. The van der Waals surface area contributed by atoms with Crippen molar-refractivity contribution < 1.29 is 9.59 Å². The molecule has 0 aliphatic carbocycles. The first-order valence-electron chi connectivity index (χ1n) is 11.7. The Hall–Kier alpha value is -4.50. The van der Waals surface area contributed by atoms with Gasteiger partial charge in [-0.3, -0.25) is 25.3 Å². The van der Waals surface area contributed by atoms with Crippen molar-refractivity contribution in [3.05, 3.63) is 102 Å². The van der Waals surface area contributed by atoms with Gasteiger partial charge in [0.1, 0.15) is 11.9 Å². The lowest BCUT2D eigenvalue weighted by Crippen LogP contribution is -2.43. The third kappa shape index (κ3) is 6.34. The molecule has 0 aliphatic rings. The van der Waals surface area contributed by atoms with Crippen molar-refractivity contribution in [3.63, 3.8) is 0 Å². The van der Waals surface area contributed by atoms with Crippen molar-refractivity contribution >= 4 is 28.6 Å². The number of amides is 2. The summed E-state index contributed by atoms with van der Waals surface area (Å²) < 4.78 is 0. The van der Waals surface area contributed by atoms with E-state index in [0.29, 0.717) is 30.8 Å². The van der Waals surface area contributed by atoms with E-state index in [1.165, 1.54) is 0 Å². The van der Waals surface area contributed by atoms with E-state index in [1.807, 2.05) is 48.7 Å². The molecule has 9 nitrogen and oxygen atoms in total. The number of para-hydroxylation sites is 1. The fraction of sp³-hybridized carbons (Fsp3) is 0.185. The van der Waals surface area contributed by atoms with E-state index >= 15 is 0 Å². The zero-order chi connectivity index (χ0) is 25.3. The molecule has 2 amide bonds. The summed E-state index contributed by atoms with van der Waals surface area (Å²) in [5.41, 5.74) is 9.81. The highest BCUT2D eigenvalue weighted by Crippen LogP contribution is 2.17. The molecule has 4 aromatic rings. The highest BCUT2D eigenvalue weighted by Gasteiger charge is 2.22. The van der Waals surface area contributed by atoms with Gasteiger partial charge in [-0.25, -0.2) is 0 Å². The van der Waals surface area contributed by atoms with Gasteiger partial charge in [-0.05, 0) is 35.7 Å². The summed E-state index contributed by atoms with van der Waals surface area (Å²) >= 11 is 0. The maximum Gasteiger partial charge on any atom is 0.243 e. The molecule has 1 atom stereocenters. The molecular weight excluding hydrogens is 454 g/mol. The first-order valence-corrected chi connectivity index (χ1v) is 11.7. The molecule has 1 unspecified atom stereocenters. The number of H-pyrrole nitrogens is 1. The molecule has 7 N–H and O–H groups in total. The van der Waals surface area contributed by atoms with Crippen molar-refractivity contribution in [2.45, 2.75) is 19.0 Å². The SMILES string of the molecule is N=C(N)c1ccc(CNC(C(=O)NCC(=O)NCCc2c[nH]c3ccccc23)c2ccccn2)cc1. The van der Waals surface area contributed by atoms with Gasteiger partial charge in [-0.1, -0.05) is 48.5 Å². The molecular formula is C27H29N7O2. The Morgan fingerprint density at radius 2 is 1.78 bits per heavy atom. The van der Waals surface area contributed by atoms with Gasteiger partial charge in [0.15, 0.2) is 0 Å². The molecule has 0 aliphatic heterocycles. The molecule has 0 radical (unpaired) electrons. The van der Waals surface area contributed by atoms with Crippen LogP contribution >= 0.6 is 0 Å². The number of pyridine rings is 1. The van der Waals surface area contributed by atoms with Crippen LogP contribution in [-0.2, 0) is 22.6 Å². The first-order chi connectivity index (χ1) is 17.5. The Morgan fingerprint density at radius 1 is 1.00 bits per heavy atom. The molecule has 0 saturated heterocycles. The number of aromatic amines is 1. The number of hydrogen-bond donors (Lipinski definition) is 6. The maximum absolute atomic E-state index is 13.0. The Balaban J connectivity index is 1.29. The first kappa shape index (κ1) is 24.6. The topological polar surface area (TPSA) is 149 Å². The van der Waals surface area contributed by atoms with E-state index < -0.39 is 6.04 Å². The minimum absolute atomic E-state index is 0.0000223. The number of benzene rings is 2. The summed E-state index contributed by atoms with van der Waals surface area (Å²) in [6, 6.07) is 19.8. The zero-order valence-corrected chi connectivity index (χ0v) is 19.8. The van der Waals surface area contributed by atoms with Crippen LogP contribution in [0.5, 0.6) is 0 Å². The lowest BCUT2D eigenvalue weighted by atomic mass is 10.1. The second kappa shape index (κ2) is 11.8. The van der Waals surface area contributed by atoms with Crippen molar-refractivity contribution in [2.75, 3.05) is 13.1 Å². The number of nitrogens with two attached hydrogens (primary N) is 1. The van der Waals surface area contributed by atoms with Crippen LogP contribution in [0.4, 0.5) is 0 Å². The lowest BCUT2D eigenvalue weighted by Gasteiger charge is -2.18. The molecule has 0 fully saturated rings. The van der Waals surface area contributed by atoms with Crippen molar-refractivity contribution in [1.82, 2.24) is 25.9 Å². The molecule has 9 heteroatoms. The van der Waals surface area contributed by atoms with Crippen LogP contribution in [0.3, 0.4) is 0 Å². The van der Waals surface area contributed by atoms with Crippen LogP contribution in [0.15, 0.2) is 79.1 Å².